The smallest absolute Gasteiger partial charge is 0.133 e. The van der Waals surface area contributed by atoms with Gasteiger partial charge < -0.3 is 4.74 Å². The monoisotopic (exact) mass is 268 g/mol. The first kappa shape index (κ1) is 14.3. The Balaban J connectivity index is 2.06. The molecule has 0 bridgehead atoms. The van der Waals surface area contributed by atoms with Crippen LogP contribution >= 0.6 is 0 Å². The summed E-state index contributed by atoms with van der Waals surface area (Å²) in [6, 6.07) is 16.4. The molecule has 0 saturated carbocycles. The largest absolute Gasteiger partial charge is 0.490 e. The molecule has 0 aliphatic heterocycles. The Hall–Kier alpha value is -2.09. The lowest BCUT2D eigenvalue weighted by Crippen LogP contribution is -2.15. The number of hydrogen-bond acceptors (Lipinski definition) is 2. The second-order valence-corrected chi connectivity index (χ2v) is 5.23. The minimum atomic E-state index is -0.0854. The van der Waals surface area contributed by atoms with Gasteiger partial charge in [0.1, 0.15) is 17.6 Å². The molecular weight excluding hydrogens is 248 g/mol. The zero-order chi connectivity index (χ0) is 14.5. The van der Waals surface area contributed by atoms with E-state index in [2.05, 4.69) is 31.2 Å². The van der Waals surface area contributed by atoms with Crippen LogP contribution in [-0.4, -0.2) is 11.9 Å². The van der Waals surface area contributed by atoms with Gasteiger partial charge in [0.2, 0.25) is 0 Å². The van der Waals surface area contributed by atoms with Crippen LogP contribution in [0.1, 0.15) is 25.8 Å². The van der Waals surface area contributed by atoms with Gasteiger partial charge in [-0.2, -0.15) is 0 Å². The van der Waals surface area contributed by atoms with E-state index < -0.39 is 0 Å². The molecule has 0 aliphatic rings. The quantitative estimate of drug-likeness (QED) is 0.803. The van der Waals surface area contributed by atoms with E-state index in [0.29, 0.717) is 6.42 Å². The third kappa shape index (κ3) is 3.95. The fraction of sp³-hybridized carbons (Fsp3) is 0.278. The lowest BCUT2D eigenvalue weighted by molar-refractivity contribution is -0.118. The van der Waals surface area contributed by atoms with Crippen LogP contribution in [-0.2, 0) is 4.79 Å². The van der Waals surface area contributed by atoms with E-state index in [1.807, 2.05) is 31.2 Å². The molecule has 0 heterocycles. The highest BCUT2D eigenvalue weighted by atomic mass is 16.5. The van der Waals surface area contributed by atoms with Gasteiger partial charge in [0.25, 0.3) is 0 Å². The first-order valence-electron chi connectivity index (χ1n) is 6.88. The van der Waals surface area contributed by atoms with Crippen LogP contribution in [0.15, 0.2) is 48.5 Å². The predicted molar refractivity (Wildman–Crippen MR) is 82.0 cm³/mol. The van der Waals surface area contributed by atoms with Crippen molar-refractivity contribution in [2.75, 3.05) is 0 Å². The van der Waals surface area contributed by atoms with Gasteiger partial charge in [-0.25, -0.2) is 0 Å². The zero-order valence-corrected chi connectivity index (χ0v) is 12.2. The van der Waals surface area contributed by atoms with E-state index >= 15 is 0 Å². The number of carbonyl (C=O) groups is 1. The predicted octanol–water partition coefficient (Wildman–Crippen LogP) is 4.41. The first-order valence-corrected chi connectivity index (χ1v) is 6.88. The molecule has 0 aromatic heterocycles. The molecular formula is C18H20O2. The van der Waals surface area contributed by atoms with Crippen molar-refractivity contribution in [2.24, 2.45) is 0 Å². The van der Waals surface area contributed by atoms with Crippen LogP contribution in [0.2, 0.25) is 0 Å². The Bertz CT molecular complexity index is 567. The Morgan fingerprint density at radius 3 is 2.00 bits per heavy atom. The summed E-state index contributed by atoms with van der Waals surface area (Å²) in [6.07, 6.45) is 0.359. The number of Topliss-reactive ketones (excluding diaryl/α,β-unsaturated/α-hetero) is 1. The molecule has 0 saturated heterocycles. The summed E-state index contributed by atoms with van der Waals surface area (Å²) in [5.74, 6) is 0.948. The molecule has 2 aromatic rings. The Morgan fingerprint density at radius 2 is 1.50 bits per heavy atom. The van der Waals surface area contributed by atoms with Crippen molar-refractivity contribution >= 4 is 5.78 Å². The van der Waals surface area contributed by atoms with Crippen molar-refractivity contribution in [3.05, 3.63) is 54.1 Å². The van der Waals surface area contributed by atoms with Gasteiger partial charge in [0.05, 0.1) is 0 Å². The molecule has 2 nitrogen and oxygen atoms in total. The van der Waals surface area contributed by atoms with Gasteiger partial charge in [-0.15, -0.1) is 0 Å². The van der Waals surface area contributed by atoms with E-state index in [1.165, 1.54) is 11.1 Å². The third-order valence-electron chi connectivity index (χ3n) is 3.15. The zero-order valence-electron chi connectivity index (χ0n) is 12.2. The Labute approximate surface area is 120 Å². The minimum absolute atomic E-state index is 0.0854. The summed E-state index contributed by atoms with van der Waals surface area (Å²) in [6.45, 7) is 5.58. The Kier molecular flexibility index (Phi) is 4.57. The second-order valence-electron chi connectivity index (χ2n) is 5.23. The van der Waals surface area contributed by atoms with Crippen molar-refractivity contribution in [2.45, 2.75) is 33.3 Å². The summed E-state index contributed by atoms with van der Waals surface area (Å²) < 4.78 is 5.71. The van der Waals surface area contributed by atoms with E-state index in [0.717, 1.165) is 11.3 Å². The standard InChI is InChI=1S/C18H20O2/c1-13-4-6-16(7-5-13)17-8-10-18(11-9-17)20-15(3)12-14(2)19/h4-11,15H,12H2,1-3H3. The lowest BCUT2D eigenvalue weighted by atomic mass is 10.0. The summed E-state index contributed by atoms with van der Waals surface area (Å²) in [5, 5.41) is 0. The fourth-order valence-corrected chi connectivity index (χ4v) is 2.15. The highest BCUT2D eigenvalue weighted by Gasteiger charge is 2.07. The topological polar surface area (TPSA) is 26.3 Å². The van der Waals surface area contributed by atoms with Gasteiger partial charge in [-0.05, 0) is 44.0 Å². The molecule has 20 heavy (non-hydrogen) atoms. The normalized spacial score (nSPS) is 11.9. The van der Waals surface area contributed by atoms with E-state index in [4.69, 9.17) is 4.74 Å². The number of aryl methyl sites for hydroxylation is 1. The summed E-state index contributed by atoms with van der Waals surface area (Å²) in [7, 11) is 0. The number of hydrogen-bond donors (Lipinski definition) is 0. The minimum Gasteiger partial charge on any atom is -0.490 e. The maximum Gasteiger partial charge on any atom is 0.133 e. The van der Waals surface area contributed by atoms with Crippen molar-refractivity contribution in [1.29, 1.82) is 0 Å². The van der Waals surface area contributed by atoms with Crippen molar-refractivity contribution in [3.8, 4) is 16.9 Å². The van der Waals surface area contributed by atoms with Gasteiger partial charge in [0, 0.05) is 6.42 Å². The average molecular weight is 268 g/mol. The molecule has 0 N–H and O–H groups in total. The van der Waals surface area contributed by atoms with Gasteiger partial charge in [-0.1, -0.05) is 42.0 Å². The van der Waals surface area contributed by atoms with E-state index in [1.54, 1.807) is 6.92 Å². The Morgan fingerprint density at radius 1 is 1.00 bits per heavy atom. The molecule has 0 spiro atoms. The average Bonchev–Trinajstić information content (AvgIpc) is 2.39. The molecule has 104 valence electrons. The number of ether oxygens (including phenoxy) is 1. The van der Waals surface area contributed by atoms with Gasteiger partial charge in [-0.3, -0.25) is 4.79 Å². The molecule has 1 unspecified atom stereocenters. The molecule has 1 atom stereocenters. The number of benzene rings is 2. The summed E-state index contributed by atoms with van der Waals surface area (Å²) >= 11 is 0. The van der Waals surface area contributed by atoms with E-state index in [-0.39, 0.29) is 11.9 Å². The molecule has 2 aromatic carbocycles. The highest BCUT2D eigenvalue weighted by molar-refractivity contribution is 5.76. The molecule has 0 amide bonds. The fourth-order valence-electron chi connectivity index (χ4n) is 2.15. The molecule has 2 heteroatoms. The van der Waals surface area contributed by atoms with Crippen LogP contribution in [0.25, 0.3) is 11.1 Å². The van der Waals surface area contributed by atoms with Crippen LogP contribution in [0.5, 0.6) is 5.75 Å². The second kappa shape index (κ2) is 6.38. The van der Waals surface area contributed by atoms with Crippen LogP contribution in [0, 0.1) is 6.92 Å². The lowest BCUT2D eigenvalue weighted by Gasteiger charge is -2.13. The molecule has 0 fully saturated rings. The maximum absolute atomic E-state index is 11.0. The SMILES string of the molecule is CC(=O)CC(C)Oc1ccc(-c2ccc(C)cc2)cc1. The van der Waals surface area contributed by atoms with Crippen LogP contribution in [0.3, 0.4) is 0 Å². The molecule has 2 rings (SSSR count). The maximum atomic E-state index is 11.0. The highest BCUT2D eigenvalue weighted by Crippen LogP contribution is 2.23. The number of ketones is 1. The van der Waals surface area contributed by atoms with Crippen molar-refractivity contribution < 1.29 is 9.53 Å². The van der Waals surface area contributed by atoms with Crippen LogP contribution in [0.4, 0.5) is 0 Å². The van der Waals surface area contributed by atoms with Crippen molar-refractivity contribution in [1.82, 2.24) is 0 Å². The number of rotatable bonds is 5. The molecule has 0 radical (unpaired) electrons. The summed E-state index contributed by atoms with van der Waals surface area (Å²) in [5.41, 5.74) is 3.61. The van der Waals surface area contributed by atoms with Gasteiger partial charge >= 0.3 is 0 Å². The van der Waals surface area contributed by atoms with Gasteiger partial charge in [0.15, 0.2) is 0 Å². The molecule has 0 aliphatic carbocycles. The van der Waals surface area contributed by atoms with E-state index in [9.17, 15) is 4.79 Å². The van der Waals surface area contributed by atoms with Crippen LogP contribution < -0.4 is 4.74 Å². The third-order valence-corrected chi connectivity index (χ3v) is 3.15. The van der Waals surface area contributed by atoms with Crippen molar-refractivity contribution in [3.63, 3.8) is 0 Å². The number of carbonyl (C=O) groups excluding carboxylic acids is 1. The summed E-state index contributed by atoms with van der Waals surface area (Å²) in [4.78, 5) is 11.0. The first-order chi connectivity index (χ1) is 9.54.